The van der Waals surface area contributed by atoms with Gasteiger partial charge in [-0.1, -0.05) is 151 Å². The zero-order valence-electron chi connectivity index (χ0n) is 36.3. The lowest BCUT2D eigenvalue weighted by Gasteiger charge is -2.47. The minimum absolute atomic E-state index is 0.162. The summed E-state index contributed by atoms with van der Waals surface area (Å²) in [5.41, 5.74) is 6.99. The molecule has 0 spiro atoms. The molecule has 1 aliphatic rings. The zero-order valence-corrected chi connectivity index (χ0v) is 34.0. The standard InChI is InChI=1S/C51H53ClO7/c1-3-55-44-26-24-37(25-27-44)28-42-29-45(43(35-53-2)30-46(42)52)48-50(57-33-40-20-12-6-13-21-40)51(58-34-41-22-14-7-15-23-41)49(56-32-39-18-10-5-11-19-39)47(59-48)36-54-31-38-16-8-4-9-17-38/h4-27,29-30,47-51H,3,28,31-36H2,1-2H3/t47-,48+,49-,50+,51+/m1/s1/i2D3. The molecule has 0 aromatic heterocycles. The van der Waals surface area contributed by atoms with E-state index in [-0.39, 0.29) is 33.0 Å². The number of halogens is 1. The van der Waals surface area contributed by atoms with E-state index in [4.69, 9.17) is 48.9 Å². The van der Waals surface area contributed by atoms with Crippen LogP contribution in [0.5, 0.6) is 5.75 Å². The molecule has 0 bridgehead atoms. The third-order valence-corrected chi connectivity index (χ3v) is 10.7. The fourth-order valence-corrected chi connectivity index (χ4v) is 7.66. The van der Waals surface area contributed by atoms with Gasteiger partial charge in [-0.05, 0) is 76.1 Å². The van der Waals surface area contributed by atoms with E-state index in [1.54, 1.807) is 6.07 Å². The molecule has 0 unspecified atom stereocenters. The molecular weight excluding hydrogens is 760 g/mol. The maximum absolute atomic E-state index is 7.94. The monoisotopic (exact) mass is 815 g/mol. The highest BCUT2D eigenvalue weighted by Crippen LogP contribution is 2.41. The van der Waals surface area contributed by atoms with Gasteiger partial charge in [-0.2, -0.15) is 0 Å². The van der Waals surface area contributed by atoms with Crippen LogP contribution in [-0.4, -0.2) is 44.7 Å². The third kappa shape index (κ3) is 11.9. The average molecular weight is 816 g/mol. The molecule has 0 aliphatic carbocycles. The first-order valence-corrected chi connectivity index (χ1v) is 20.5. The minimum Gasteiger partial charge on any atom is -0.494 e. The Morgan fingerprint density at radius 2 is 1.08 bits per heavy atom. The first-order valence-electron chi connectivity index (χ1n) is 21.6. The molecule has 0 N–H and O–H groups in total. The maximum Gasteiger partial charge on any atom is 0.119 e. The summed E-state index contributed by atoms with van der Waals surface area (Å²) >= 11 is 7.07. The second kappa shape index (κ2) is 22.0. The molecule has 6 aromatic rings. The summed E-state index contributed by atoms with van der Waals surface area (Å²) < 4.78 is 69.6. The molecule has 0 saturated carbocycles. The first-order chi connectivity index (χ1) is 30.2. The van der Waals surface area contributed by atoms with Crippen molar-refractivity contribution in [3.63, 3.8) is 0 Å². The Morgan fingerprint density at radius 3 is 1.63 bits per heavy atom. The van der Waals surface area contributed by atoms with Crippen LogP contribution in [0.1, 0.15) is 61.6 Å². The van der Waals surface area contributed by atoms with E-state index in [1.807, 2.05) is 159 Å². The van der Waals surface area contributed by atoms with E-state index < -0.39 is 37.6 Å². The van der Waals surface area contributed by atoms with E-state index in [0.29, 0.717) is 35.8 Å². The summed E-state index contributed by atoms with van der Waals surface area (Å²) in [6.45, 7) is 3.58. The molecule has 7 rings (SSSR count). The number of methoxy groups -OCH3 is 1. The molecule has 6 aromatic carbocycles. The molecule has 0 amide bonds. The minimum atomic E-state index is -2.66. The summed E-state index contributed by atoms with van der Waals surface area (Å²) in [6.07, 6.45) is -3.12. The highest BCUT2D eigenvalue weighted by Gasteiger charge is 2.49. The molecule has 1 fully saturated rings. The van der Waals surface area contributed by atoms with Gasteiger partial charge in [0.1, 0.15) is 36.3 Å². The van der Waals surface area contributed by atoms with Gasteiger partial charge in [0, 0.05) is 12.1 Å². The summed E-state index contributed by atoms with van der Waals surface area (Å²) in [5.74, 6) is 0.778. The number of ether oxygens (including phenoxy) is 7. The van der Waals surface area contributed by atoms with Crippen LogP contribution in [0.3, 0.4) is 0 Å². The highest BCUT2D eigenvalue weighted by molar-refractivity contribution is 6.31. The SMILES string of the molecule is [2H]C([2H])([2H])OCc1cc(Cl)c(Cc2ccc(OCC)cc2)cc1[C@@H]1O[C@H](COCc2ccccc2)[C@@H](OCc2ccccc2)[C@H](OCc2ccccc2)[C@H]1OCc1ccccc1. The lowest BCUT2D eigenvalue weighted by atomic mass is 9.87. The molecule has 8 heteroatoms. The van der Waals surface area contributed by atoms with Gasteiger partial charge in [0.05, 0.1) is 50.4 Å². The second-order valence-electron chi connectivity index (χ2n) is 14.6. The number of hydrogen-bond donors (Lipinski definition) is 0. The Balaban J connectivity index is 1.33. The smallest absolute Gasteiger partial charge is 0.119 e. The average Bonchev–Trinajstić information content (AvgIpc) is 3.29. The molecule has 0 radical (unpaired) electrons. The van der Waals surface area contributed by atoms with Crippen molar-refractivity contribution in [3.8, 4) is 5.75 Å². The fourth-order valence-electron chi connectivity index (χ4n) is 7.41. The van der Waals surface area contributed by atoms with E-state index >= 15 is 0 Å². The lowest BCUT2D eigenvalue weighted by molar-refractivity contribution is -0.275. The van der Waals surface area contributed by atoms with Crippen LogP contribution in [0, 0.1) is 0 Å². The van der Waals surface area contributed by atoms with Crippen molar-refractivity contribution in [2.24, 2.45) is 0 Å². The number of rotatable bonds is 20. The normalized spacial score (nSPS) is 20.0. The van der Waals surface area contributed by atoms with Gasteiger partial charge in [-0.3, -0.25) is 0 Å². The first kappa shape index (κ1) is 38.4. The van der Waals surface area contributed by atoms with Crippen LogP contribution in [-0.2, 0) is 67.9 Å². The number of hydrogen-bond acceptors (Lipinski definition) is 7. The van der Waals surface area contributed by atoms with Gasteiger partial charge in [0.25, 0.3) is 0 Å². The van der Waals surface area contributed by atoms with Crippen molar-refractivity contribution in [2.75, 3.05) is 20.3 Å². The van der Waals surface area contributed by atoms with Gasteiger partial charge in [0.2, 0.25) is 0 Å². The Labute approximate surface area is 357 Å². The third-order valence-electron chi connectivity index (χ3n) is 10.4. The van der Waals surface area contributed by atoms with Gasteiger partial charge >= 0.3 is 0 Å². The molecule has 1 saturated heterocycles. The molecule has 306 valence electrons. The molecule has 7 nitrogen and oxygen atoms in total. The predicted octanol–water partition coefficient (Wildman–Crippen LogP) is 10.9. The fraction of sp³-hybridized carbons (Fsp3) is 0.294. The largest absolute Gasteiger partial charge is 0.494 e. The Morgan fingerprint density at radius 1 is 0.559 bits per heavy atom. The second-order valence-corrected chi connectivity index (χ2v) is 15.0. The van der Waals surface area contributed by atoms with Crippen molar-refractivity contribution in [1.82, 2.24) is 0 Å². The van der Waals surface area contributed by atoms with Gasteiger partial charge < -0.3 is 33.2 Å². The van der Waals surface area contributed by atoms with E-state index in [0.717, 1.165) is 39.1 Å². The van der Waals surface area contributed by atoms with Crippen molar-refractivity contribution in [3.05, 3.63) is 207 Å². The summed E-state index contributed by atoms with van der Waals surface area (Å²) in [5, 5.41) is 0.466. The molecule has 1 aliphatic heterocycles. The lowest BCUT2D eigenvalue weighted by Crippen LogP contribution is -2.58. The van der Waals surface area contributed by atoms with Crippen molar-refractivity contribution >= 4 is 11.6 Å². The maximum atomic E-state index is 7.94. The van der Waals surface area contributed by atoms with Crippen molar-refractivity contribution in [2.45, 2.75) is 76.9 Å². The summed E-state index contributed by atoms with van der Waals surface area (Å²) in [6, 6.07) is 51.5. The van der Waals surface area contributed by atoms with E-state index in [1.165, 1.54) is 0 Å². The quantitative estimate of drug-likeness (QED) is 0.0760. The Hall–Kier alpha value is -4.83. The van der Waals surface area contributed by atoms with Crippen LogP contribution in [0.4, 0.5) is 0 Å². The van der Waals surface area contributed by atoms with Crippen LogP contribution in [0.2, 0.25) is 5.02 Å². The van der Waals surface area contributed by atoms with Crippen LogP contribution >= 0.6 is 11.6 Å². The summed E-state index contributed by atoms with van der Waals surface area (Å²) in [4.78, 5) is 0. The van der Waals surface area contributed by atoms with E-state index in [9.17, 15) is 0 Å². The van der Waals surface area contributed by atoms with Gasteiger partial charge in [-0.15, -0.1) is 0 Å². The molecule has 5 atom stereocenters. The van der Waals surface area contributed by atoms with Gasteiger partial charge in [-0.25, -0.2) is 0 Å². The zero-order chi connectivity index (χ0) is 43.2. The van der Waals surface area contributed by atoms with Crippen LogP contribution in [0.15, 0.2) is 158 Å². The molecule has 1 heterocycles. The Bertz CT molecular complexity index is 2230. The topological polar surface area (TPSA) is 64.6 Å². The predicted molar refractivity (Wildman–Crippen MR) is 231 cm³/mol. The molecular formula is C51H53ClO7. The highest BCUT2D eigenvalue weighted by atomic mass is 35.5. The van der Waals surface area contributed by atoms with Crippen molar-refractivity contribution < 1.29 is 37.3 Å². The van der Waals surface area contributed by atoms with E-state index in [2.05, 4.69) is 0 Å². The molecule has 59 heavy (non-hydrogen) atoms. The Kier molecular flexibility index (Phi) is 14.3. The van der Waals surface area contributed by atoms with Crippen molar-refractivity contribution in [1.29, 1.82) is 0 Å². The van der Waals surface area contributed by atoms with Crippen LogP contribution < -0.4 is 4.74 Å². The van der Waals surface area contributed by atoms with Crippen LogP contribution in [0.25, 0.3) is 0 Å². The summed E-state index contributed by atoms with van der Waals surface area (Å²) in [7, 11) is -2.66. The van der Waals surface area contributed by atoms with Gasteiger partial charge in [0.15, 0.2) is 0 Å². The number of benzene rings is 6.